The molecule has 3 rings (SSSR count). The van der Waals surface area contributed by atoms with Crippen LogP contribution in [0.15, 0.2) is 30.3 Å². The maximum atomic E-state index is 6.40. The number of rotatable bonds is 5. The van der Waals surface area contributed by atoms with Crippen molar-refractivity contribution in [2.45, 2.75) is 25.9 Å². The van der Waals surface area contributed by atoms with E-state index < -0.39 is 0 Å². The first-order chi connectivity index (χ1) is 12.5. The summed E-state index contributed by atoms with van der Waals surface area (Å²) in [6.07, 6.45) is -0.103. The summed E-state index contributed by atoms with van der Waals surface area (Å²) in [6.45, 7) is 4.40. The van der Waals surface area contributed by atoms with Crippen LogP contribution in [-0.2, 0) is 0 Å². The lowest BCUT2D eigenvalue weighted by Gasteiger charge is -2.37. The molecule has 0 saturated heterocycles. The van der Waals surface area contributed by atoms with Gasteiger partial charge in [-0.05, 0) is 23.6 Å². The molecule has 26 heavy (non-hydrogen) atoms. The Kier molecular flexibility index (Phi) is 5.16. The maximum Gasteiger partial charge on any atom is 0.161 e. The van der Waals surface area contributed by atoms with Gasteiger partial charge in [0.25, 0.3) is 0 Å². The lowest BCUT2D eigenvalue weighted by Crippen LogP contribution is -2.27. The van der Waals surface area contributed by atoms with Crippen molar-refractivity contribution >= 4 is 0 Å². The van der Waals surface area contributed by atoms with Crippen LogP contribution in [0.3, 0.4) is 0 Å². The van der Waals surface area contributed by atoms with Gasteiger partial charge >= 0.3 is 0 Å². The molecule has 0 amide bonds. The second-order valence-corrected chi connectivity index (χ2v) is 6.54. The standard InChI is InChI=1S/C21H26O5/c1-12-13(2)21(14-7-8-16(23-4)17(9-14)24-5)26-19-11-15(22-3)10-18(25-6)20(12)19/h7-13,21H,1-6H3/t12?,13?,21-/m0/s1. The summed E-state index contributed by atoms with van der Waals surface area (Å²) in [4.78, 5) is 0. The van der Waals surface area contributed by atoms with E-state index in [4.69, 9.17) is 23.7 Å². The molecule has 1 aliphatic rings. The minimum absolute atomic E-state index is 0.103. The fourth-order valence-corrected chi connectivity index (χ4v) is 3.58. The lowest BCUT2D eigenvalue weighted by atomic mass is 9.79. The molecule has 0 radical (unpaired) electrons. The van der Waals surface area contributed by atoms with Crippen LogP contribution in [0.2, 0.25) is 0 Å². The van der Waals surface area contributed by atoms with E-state index >= 15 is 0 Å². The van der Waals surface area contributed by atoms with Crippen molar-refractivity contribution in [3.63, 3.8) is 0 Å². The second kappa shape index (κ2) is 7.36. The van der Waals surface area contributed by atoms with Gasteiger partial charge in [0.1, 0.15) is 23.4 Å². The molecule has 2 aromatic rings. The van der Waals surface area contributed by atoms with E-state index in [0.717, 1.165) is 22.6 Å². The molecule has 0 aliphatic carbocycles. The largest absolute Gasteiger partial charge is 0.496 e. The van der Waals surface area contributed by atoms with Crippen molar-refractivity contribution in [1.82, 2.24) is 0 Å². The molecule has 0 spiro atoms. The van der Waals surface area contributed by atoms with E-state index in [1.807, 2.05) is 30.3 Å². The van der Waals surface area contributed by atoms with Crippen molar-refractivity contribution in [1.29, 1.82) is 0 Å². The Morgan fingerprint density at radius 1 is 0.769 bits per heavy atom. The van der Waals surface area contributed by atoms with Crippen molar-refractivity contribution in [2.24, 2.45) is 5.92 Å². The van der Waals surface area contributed by atoms with E-state index in [0.29, 0.717) is 17.2 Å². The SMILES string of the molecule is COc1cc(OC)c2c(c1)O[C@H](c1ccc(OC)c(OC)c1)C(C)C2C. The van der Waals surface area contributed by atoms with Gasteiger partial charge in [0.15, 0.2) is 11.5 Å². The molecule has 0 fully saturated rings. The summed E-state index contributed by atoms with van der Waals surface area (Å²) in [5, 5.41) is 0. The Labute approximate surface area is 154 Å². The summed E-state index contributed by atoms with van der Waals surface area (Å²) in [6, 6.07) is 9.75. The number of hydrogen-bond donors (Lipinski definition) is 0. The quantitative estimate of drug-likeness (QED) is 0.782. The highest BCUT2D eigenvalue weighted by molar-refractivity contribution is 5.54. The predicted octanol–water partition coefficient (Wildman–Crippen LogP) is 4.59. The Hall–Kier alpha value is -2.56. The summed E-state index contributed by atoms with van der Waals surface area (Å²) in [5.74, 6) is 4.23. The summed E-state index contributed by atoms with van der Waals surface area (Å²) in [5.41, 5.74) is 2.13. The van der Waals surface area contributed by atoms with Crippen LogP contribution in [0.4, 0.5) is 0 Å². The van der Waals surface area contributed by atoms with Crippen molar-refractivity contribution in [3.05, 3.63) is 41.5 Å². The number of methoxy groups -OCH3 is 4. The average Bonchev–Trinajstić information content (AvgIpc) is 2.68. The molecular weight excluding hydrogens is 332 g/mol. The molecule has 0 aromatic heterocycles. The molecular formula is C21H26O5. The van der Waals surface area contributed by atoms with Crippen LogP contribution in [0, 0.1) is 5.92 Å². The third kappa shape index (κ3) is 3.02. The number of hydrogen-bond acceptors (Lipinski definition) is 5. The molecule has 2 unspecified atom stereocenters. The van der Waals surface area contributed by atoms with Crippen LogP contribution in [0.25, 0.3) is 0 Å². The van der Waals surface area contributed by atoms with Crippen molar-refractivity contribution < 1.29 is 23.7 Å². The topological polar surface area (TPSA) is 46.2 Å². The summed E-state index contributed by atoms with van der Waals surface area (Å²) >= 11 is 0. The number of benzene rings is 2. The monoisotopic (exact) mass is 358 g/mol. The van der Waals surface area contributed by atoms with Crippen LogP contribution in [0.1, 0.15) is 37.0 Å². The van der Waals surface area contributed by atoms with E-state index in [2.05, 4.69) is 13.8 Å². The lowest BCUT2D eigenvalue weighted by molar-refractivity contribution is 0.104. The second-order valence-electron chi connectivity index (χ2n) is 6.54. The molecule has 0 saturated carbocycles. The summed E-state index contributed by atoms with van der Waals surface area (Å²) < 4.78 is 28.2. The van der Waals surface area contributed by atoms with E-state index in [1.165, 1.54) is 0 Å². The molecule has 5 heteroatoms. The van der Waals surface area contributed by atoms with Crippen molar-refractivity contribution in [2.75, 3.05) is 28.4 Å². The van der Waals surface area contributed by atoms with Crippen molar-refractivity contribution in [3.8, 4) is 28.7 Å². The van der Waals surface area contributed by atoms with Gasteiger partial charge in [-0.15, -0.1) is 0 Å². The summed E-state index contributed by atoms with van der Waals surface area (Å²) in [7, 11) is 6.59. The van der Waals surface area contributed by atoms with Crippen LogP contribution >= 0.6 is 0 Å². The molecule has 3 atom stereocenters. The third-order valence-corrected chi connectivity index (χ3v) is 5.24. The van der Waals surface area contributed by atoms with Gasteiger partial charge in [-0.1, -0.05) is 19.9 Å². The minimum atomic E-state index is -0.103. The third-order valence-electron chi connectivity index (χ3n) is 5.24. The molecule has 140 valence electrons. The molecule has 5 nitrogen and oxygen atoms in total. The Bertz CT molecular complexity index is 786. The minimum Gasteiger partial charge on any atom is -0.496 e. The Morgan fingerprint density at radius 3 is 2.08 bits per heavy atom. The highest BCUT2D eigenvalue weighted by Gasteiger charge is 2.36. The van der Waals surface area contributed by atoms with E-state index in [9.17, 15) is 0 Å². The first-order valence-electron chi connectivity index (χ1n) is 8.68. The molecule has 0 N–H and O–H groups in total. The van der Waals surface area contributed by atoms with Crippen LogP contribution in [-0.4, -0.2) is 28.4 Å². The van der Waals surface area contributed by atoms with E-state index in [-0.39, 0.29) is 17.9 Å². The van der Waals surface area contributed by atoms with Gasteiger partial charge in [-0.25, -0.2) is 0 Å². The van der Waals surface area contributed by atoms with Gasteiger partial charge in [0, 0.05) is 23.6 Å². The highest BCUT2D eigenvalue weighted by atomic mass is 16.5. The maximum absolute atomic E-state index is 6.40. The Balaban J connectivity index is 2.05. The van der Waals surface area contributed by atoms with Crippen LogP contribution in [0.5, 0.6) is 28.7 Å². The average molecular weight is 358 g/mol. The molecule has 0 bridgehead atoms. The fraction of sp³-hybridized carbons (Fsp3) is 0.429. The highest BCUT2D eigenvalue weighted by Crippen LogP contribution is 2.51. The predicted molar refractivity (Wildman–Crippen MR) is 100 cm³/mol. The normalized spacial score (nSPS) is 21.4. The molecule has 1 heterocycles. The van der Waals surface area contributed by atoms with Gasteiger partial charge in [-0.3, -0.25) is 0 Å². The van der Waals surface area contributed by atoms with Gasteiger partial charge in [0.2, 0.25) is 0 Å². The molecule has 2 aromatic carbocycles. The van der Waals surface area contributed by atoms with Gasteiger partial charge < -0.3 is 23.7 Å². The molecule has 1 aliphatic heterocycles. The zero-order valence-electron chi connectivity index (χ0n) is 16.2. The van der Waals surface area contributed by atoms with Gasteiger partial charge in [-0.2, -0.15) is 0 Å². The first-order valence-corrected chi connectivity index (χ1v) is 8.68. The first kappa shape index (κ1) is 18.2. The number of fused-ring (bicyclic) bond motifs is 1. The van der Waals surface area contributed by atoms with E-state index in [1.54, 1.807) is 28.4 Å². The van der Waals surface area contributed by atoms with Gasteiger partial charge in [0.05, 0.1) is 28.4 Å². The zero-order chi connectivity index (χ0) is 18.8. The smallest absolute Gasteiger partial charge is 0.161 e. The van der Waals surface area contributed by atoms with Crippen LogP contribution < -0.4 is 23.7 Å². The zero-order valence-corrected chi connectivity index (χ0v) is 16.2. The fourth-order valence-electron chi connectivity index (χ4n) is 3.58. The Morgan fingerprint density at radius 2 is 1.46 bits per heavy atom. The number of ether oxygens (including phenoxy) is 5.